The standard InChI is InChI=1S/C11H18N4S/c16-10-12-14-11(15-13-10)5-6-4-9(11)8-3-1-2-7(6)8/h6-9,14-15H,1-5H2,(H2,12,13,16)/t6-,7-,8+,9+/m1/s1. The predicted molar refractivity (Wildman–Crippen MR) is 64.9 cm³/mol. The average Bonchev–Trinajstić information content (AvgIpc) is 2.93. The Morgan fingerprint density at radius 3 is 2.69 bits per heavy atom. The van der Waals surface area contributed by atoms with Crippen LogP contribution in [0.5, 0.6) is 0 Å². The minimum absolute atomic E-state index is 0.0541. The van der Waals surface area contributed by atoms with Gasteiger partial charge in [0.25, 0.3) is 0 Å². The topological polar surface area (TPSA) is 48.1 Å². The van der Waals surface area contributed by atoms with E-state index in [0.29, 0.717) is 5.11 Å². The van der Waals surface area contributed by atoms with Crippen molar-refractivity contribution < 1.29 is 0 Å². The molecule has 2 bridgehead atoms. The van der Waals surface area contributed by atoms with E-state index in [2.05, 4.69) is 21.7 Å². The minimum Gasteiger partial charge on any atom is -0.295 e. The Bertz CT molecular complexity index is 335. The lowest BCUT2D eigenvalue weighted by atomic mass is 9.76. The third-order valence-electron chi connectivity index (χ3n) is 5.32. The Morgan fingerprint density at radius 2 is 1.88 bits per heavy atom. The molecule has 4 nitrogen and oxygen atoms in total. The first kappa shape index (κ1) is 9.62. The fourth-order valence-corrected chi connectivity index (χ4v) is 4.93. The van der Waals surface area contributed by atoms with E-state index in [4.69, 9.17) is 12.2 Å². The molecule has 1 aliphatic heterocycles. The lowest BCUT2D eigenvalue weighted by molar-refractivity contribution is 0.0646. The molecule has 0 unspecified atom stereocenters. The largest absolute Gasteiger partial charge is 0.295 e. The molecule has 1 saturated heterocycles. The molecule has 4 aliphatic rings. The summed E-state index contributed by atoms with van der Waals surface area (Å²) in [5.41, 5.74) is 13.1. The number of thiocarbonyl (C=S) groups is 1. The van der Waals surface area contributed by atoms with Crippen LogP contribution in [0.2, 0.25) is 0 Å². The summed E-state index contributed by atoms with van der Waals surface area (Å²) in [6.07, 6.45) is 6.98. The molecule has 16 heavy (non-hydrogen) atoms. The Labute approximate surface area is 101 Å². The van der Waals surface area contributed by atoms with Crippen LogP contribution >= 0.6 is 12.2 Å². The second-order valence-corrected chi connectivity index (χ2v) is 6.27. The van der Waals surface area contributed by atoms with Crippen LogP contribution in [-0.4, -0.2) is 10.8 Å². The smallest absolute Gasteiger partial charge is 0.195 e. The van der Waals surface area contributed by atoms with Crippen LogP contribution in [0.1, 0.15) is 32.1 Å². The fraction of sp³-hybridized carbons (Fsp3) is 0.909. The highest BCUT2D eigenvalue weighted by molar-refractivity contribution is 7.80. The normalized spacial score (nSPS) is 47.9. The molecule has 0 aromatic carbocycles. The highest BCUT2D eigenvalue weighted by atomic mass is 32.1. The maximum Gasteiger partial charge on any atom is 0.195 e. The van der Waals surface area contributed by atoms with Crippen molar-refractivity contribution in [1.82, 2.24) is 21.7 Å². The molecule has 0 aromatic heterocycles. The molecular formula is C11H18N4S. The van der Waals surface area contributed by atoms with Gasteiger partial charge >= 0.3 is 0 Å². The second-order valence-electron chi connectivity index (χ2n) is 5.87. The zero-order valence-corrected chi connectivity index (χ0v) is 10.1. The van der Waals surface area contributed by atoms with Crippen molar-refractivity contribution in [2.75, 3.05) is 0 Å². The van der Waals surface area contributed by atoms with E-state index in [1.807, 2.05) is 0 Å². The van der Waals surface area contributed by atoms with Crippen LogP contribution < -0.4 is 21.7 Å². The first-order valence-electron chi connectivity index (χ1n) is 6.39. The third kappa shape index (κ3) is 1.09. The van der Waals surface area contributed by atoms with Gasteiger partial charge in [-0.05, 0) is 61.6 Å². The molecular weight excluding hydrogens is 220 g/mol. The van der Waals surface area contributed by atoms with E-state index in [1.165, 1.54) is 32.1 Å². The molecule has 0 amide bonds. The summed E-state index contributed by atoms with van der Waals surface area (Å²) in [4.78, 5) is 0. The van der Waals surface area contributed by atoms with Crippen molar-refractivity contribution in [3.8, 4) is 0 Å². The van der Waals surface area contributed by atoms with E-state index in [-0.39, 0.29) is 5.66 Å². The third-order valence-corrected chi connectivity index (χ3v) is 5.52. The Hall–Kier alpha value is -0.390. The number of hydrogen-bond acceptors (Lipinski definition) is 3. The summed E-state index contributed by atoms with van der Waals surface area (Å²) in [6.45, 7) is 0. The Morgan fingerprint density at radius 1 is 1.12 bits per heavy atom. The summed E-state index contributed by atoms with van der Waals surface area (Å²) in [6, 6.07) is 0. The number of hydrogen-bond donors (Lipinski definition) is 4. The fourth-order valence-electron chi connectivity index (χ4n) is 4.83. The van der Waals surface area contributed by atoms with Gasteiger partial charge in [0.15, 0.2) is 5.11 Å². The SMILES string of the molecule is S=C1NNC2(C[C@H]3C[C@H]2[C@H]2CCC[C@H]32)NN1. The van der Waals surface area contributed by atoms with Crippen LogP contribution in [0.15, 0.2) is 0 Å². The Kier molecular flexibility index (Phi) is 1.86. The quantitative estimate of drug-likeness (QED) is 0.466. The molecule has 1 spiro atoms. The van der Waals surface area contributed by atoms with Crippen LogP contribution in [0, 0.1) is 23.7 Å². The van der Waals surface area contributed by atoms with Crippen molar-refractivity contribution in [3.05, 3.63) is 0 Å². The van der Waals surface area contributed by atoms with Gasteiger partial charge in [0.2, 0.25) is 0 Å². The molecule has 3 saturated carbocycles. The van der Waals surface area contributed by atoms with Gasteiger partial charge in [-0.15, -0.1) is 0 Å². The summed E-state index contributed by atoms with van der Waals surface area (Å²) in [5.74, 6) is 3.66. The molecule has 3 aliphatic carbocycles. The van der Waals surface area contributed by atoms with Crippen molar-refractivity contribution in [2.24, 2.45) is 23.7 Å². The van der Waals surface area contributed by atoms with Crippen LogP contribution in [0.25, 0.3) is 0 Å². The monoisotopic (exact) mass is 238 g/mol. The van der Waals surface area contributed by atoms with Gasteiger partial charge in [0, 0.05) is 0 Å². The number of fused-ring (bicyclic) bond motifs is 6. The number of rotatable bonds is 0. The van der Waals surface area contributed by atoms with Gasteiger partial charge < -0.3 is 0 Å². The average molecular weight is 238 g/mol. The van der Waals surface area contributed by atoms with Crippen molar-refractivity contribution in [3.63, 3.8) is 0 Å². The zero-order chi connectivity index (χ0) is 10.8. The maximum absolute atomic E-state index is 5.06. The maximum atomic E-state index is 5.06. The van der Waals surface area contributed by atoms with Gasteiger partial charge in [-0.1, -0.05) is 6.42 Å². The minimum atomic E-state index is 0.0541. The molecule has 1 heterocycles. The van der Waals surface area contributed by atoms with Crippen molar-refractivity contribution in [1.29, 1.82) is 0 Å². The summed E-state index contributed by atoms with van der Waals surface area (Å²) < 4.78 is 0. The van der Waals surface area contributed by atoms with Crippen molar-refractivity contribution in [2.45, 2.75) is 37.8 Å². The second kappa shape index (κ2) is 3.09. The van der Waals surface area contributed by atoms with Gasteiger partial charge in [-0.2, -0.15) is 0 Å². The lowest BCUT2D eigenvalue weighted by Crippen LogP contribution is -2.76. The predicted octanol–water partition coefficient (Wildman–Crippen LogP) is 0.626. The molecule has 0 radical (unpaired) electrons. The van der Waals surface area contributed by atoms with Gasteiger partial charge in [-0.3, -0.25) is 10.9 Å². The first-order valence-corrected chi connectivity index (χ1v) is 6.80. The van der Waals surface area contributed by atoms with Crippen LogP contribution in [0.4, 0.5) is 0 Å². The van der Waals surface area contributed by atoms with Gasteiger partial charge in [-0.25, -0.2) is 10.9 Å². The van der Waals surface area contributed by atoms with Crippen LogP contribution in [-0.2, 0) is 0 Å². The summed E-state index contributed by atoms with van der Waals surface area (Å²) in [7, 11) is 0. The molecule has 4 atom stereocenters. The molecule has 88 valence electrons. The summed E-state index contributed by atoms with van der Waals surface area (Å²) >= 11 is 5.06. The number of nitrogens with one attached hydrogen (secondary N) is 4. The highest BCUT2D eigenvalue weighted by Crippen LogP contribution is 2.61. The van der Waals surface area contributed by atoms with E-state index in [1.54, 1.807) is 0 Å². The van der Waals surface area contributed by atoms with Crippen LogP contribution in [0.3, 0.4) is 0 Å². The summed E-state index contributed by atoms with van der Waals surface area (Å²) in [5, 5.41) is 0.649. The lowest BCUT2D eigenvalue weighted by Gasteiger charge is -2.46. The zero-order valence-electron chi connectivity index (χ0n) is 9.25. The van der Waals surface area contributed by atoms with E-state index in [0.717, 1.165) is 23.7 Å². The van der Waals surface area contributed by atoms with E-state index in [9.17, 15) is 0 Å². The van der Waals surface area contributed by atoms with E-state index >= 15 is 0 Å². The molecule has 4 rings (SSSR count). The molecule has 4 N–H and O–H groups in total. The van der Waals surface area contributed by atoms with E-state index < -0.39 is 0 Å². The molecule has 5 heteroatoms. The Balaban J connectivity index is 1.61. The van der Waals surface area contributed by atoms with Gasteiger partial charge in [0.1, 0.15) is 5.66 Å². The van der Waals surface area contributed by atoms with Crippen molar-refractivity contribution >= 4 is 17.3 Å². The van der Waals surface area contributed by atoms with Gasteiger partial charge in [0.05, 0.1) is 0 Å². The molecule has 0 aromatic rings. The highest BCUT2D eigenvalue weighted by Gasteiger charge is 2.61. The molecule has 4 fully saturated rings. The number of hydrazine groups is 2. The first-order chi connectivity index (χ1) is 7.78.